The van der Waals surface area contributed by atoms with Crippen molar-refractivity contribution in [3.05, 3.63) is 77.1 Å². The first-order valence-corrected chi connectivity index (χ1v) is 13.1. The van der Waals surface area contributed by atoms with Crippen LogP contribution in [0, 0.1) is 11.8 Å². The minimum atomic E-state index is -4.47. The van der Waals surface area contributed by atoms with Crippen LogP contribution in [0.3, 0.4) is 0 Å². The average molecular weight is 525 g/mol. The van der Waals surface area contributed by atoms with Crippen molar-refractivity contribution in [2.45, 2.75) is 57.0 Å². The second kappa shape index (κ2) is 11.1. The van der Waals surface area contributed by atoms with E-state index in [1.165, 1.54) is 12.1 Å². The van der Waals surface area contributed by atoms with Gasteiger partial charge < -0.3 is 15.0 Å². The molecule has 5 rings (SSSR count). The zero-order valence-corrected chi connectivity index (χ0v) is 21.0. The van der Waals surface area contributed by atoms with Gasteiger partial charge in [0.05, 0.1) is 18.6 Å². The number of amides is 1. The Bertz CT molecular complexity index is 1280. The molecule has 2 fully saturated rings. The number of allylic oxidation sites excluding steroid dienone is 1. The first kappa shape index (κ1) is 26.1. The molecule has 2 aliphatic rings. The number of hydrogen-bond donors (Lipinski definition) is 1. The van der Waals surface area contributed by atoms with E-state index in [0.29, 0.717) is 29.8 Å². The quantitative estimate of drug-likeness (QED) is 0.322. The number of halogens is 3. The van der Waals surface area contributed by atoms with Gasteiger partial charge in [-0.3, -0.25) is 4.79 Å². The molecular formula is C30H31F3N2O3. The first-order valence-electron chi connectivity index (χ1n) is 13.1. The van der Waals surface area contributed by atoms with E-state index < -0.39 is 11.7 Å². The molecule has 1 amide bonds. The van der Waals surface area contributed by atoms with Crippen LogP contribution in [0.25, 0.3) is 17.3 Å². The number of aromatic nitrogens is 1. The minimum absolute atomic E-state index is 0.0545. The molecule has 38 heavy (non-hydrogen) atoms. The van der Waals surface area contributed by atoms with Crippen LogP contribution in [-0.4, -0.2) is 17.7 Å². The van der Waals surface area contributed by atoms with Crippen molar-refractivity contribution in [3.8, 4) is 17.0 Å². The van der Waals surface area contributed by atoms with E-state index >= 15 is 0 Å². The van der Waals surface area contributed by atoms with Crippen molar-refractivity contribution in [2.75, 3.05) is 6.61 Å². The van der Waals surface area contributed by atoms with E-state index in [1.54, 1.807) is 6.07 Å². The molecule has 3 aromatic rings. The molecule has 0 unspecified atom stereocenters. The molecule has 2 saturated carbocycles. The first-order chi connectivity index (χ1) is 18.3. The normalized spacial score (nSPS) is 20.1. The smallest absolute Gasteiger partial charge is 0.417 e. The number of ether oxygens (including phenoxy) is 1. The topological polar surface area (TPSA) is 78.4 Å². The highest BCUT2D eigenvalue weighted by atomic mass is 19.4. The molecule has 8 heteroatoms. The van der Waals surface area contributed by atoms with Crippen LogP contribution < -0.4 is 10.5 Å². The number of hydrogen-bond acceptors (Lipinski definition) is 4. The largest absolute Gasteiger partial charge is 0.493 e. The van der Waals surface area contributed by atoms with E-state index in [4.69, 9.17) is 15.0 Å². The summed E-state index contributed by atoms with van der Waals surface area (Å²) in [6.45, 7) is 0.626. The molecule has 5 nitrogen and oxygen atoms in total. The molecule has 0 atom stereocenters. The molecule has 2 aliphatic carbocycles. The van der Waals surface area contributed by atoms with Gasteiger partial charge in [-0.05, 0) is 74.1 Å². The summed E-state index contributed by atoms with van der Waals surface area (Å²) in [5, 5.41) is 4.10. The van der Waals surface area contributed by atoms with Gasteiger partial charge in [0.2, 0.25) is 5.91 Å². The van der Waals surface area contributed by atoms with E-state index in [0.717, 1.165) is 55.9 Å². The summed E-state index contributed by atoms with van der Waals surface area (Å²) < 4.78 is 52.6. The van der Waals surface area contributed by atoms with Crippen LogP contribution in [-0.2, 0) is 17.4 Å². The maximum atomic E-state index is 13.7. The second-order valence-corrected chi connectivity index (χ2v) is 10.4. The van der Waals surface area contributed by atoms with Crippen molar-refractivity contribution in [1.29, 1.82) is 0 Å². The fraction of sp³-hybridized carbons (Fsp3) is 0.400. The predicted octanol–water partition coefficient (Wildman–Crippen LogP) is 7.16. The molecule has 0 saturated heterocycles. The fourth-order valence-electron chi connectivity index (χ4n) is 5.14. The number of benzene rings is 2. The number of carbonyl (C=O) groups excluding carboxylic acids is 1. The van der Waals surface area contributed by atoms with Crippen molar-refractivity contribution in [2.24, 2.45) is 17.6 Å². The summed E-state index contributed by atoms with van der Waals surface area (Å²) in [6.07, 6.45) is 5.73. The summed E-state index contributed by atoms with van der Waals surface area (Å²) in [5.74, 6) is 2.11. The van der Waals surface area contributed by atoms with Crippen molar-refractivity contribution in [1.82, 2.24) is 5.16 Å². The van der Waals surface area contributed by atoms with Gasteiger partial charge >= 0.3 is 6.18 Å². The Labute approximate surface area is 219 Å². The Hall–Kier alpha value is -3.55. The van der Waals surface area contributed by atoms with Crippen LogP contribution in [0.15, 0.2) is 59.1 Å². The number of carbonyl (C=O) groups is 1. The van der Waals surface area contributed by atoms with Gasteiger partial charge in [0.25, 0.3) is 0 Å². The van der Waals surface area contributed by atoms with Gasteiger partial charge in [-0.2, -0.15) is 13.2 Å². The third-order valence-corrected chi connectivity index (χ3v) is 7.41. The lowest BCUT2D eigenvalue weighted by atomic mass is 9.82. The van der Waals surface area contributed by atoms with Crippen molar-refractivity contribution < 1.29 is 27.2 Å². The fourth-order valence-corrected chi connectivity index (χ4v) is 5.14. The number of alkyl halides is 3. The molecule has 0 bridgehead atoms. The predicted molar refractivity (Wildman–Crippen MR) is 138 cm³/mol. The third kappa shape index (κ3) is 6.29. The number of nitrogens with zero attached hydrogens (tertiary/aromatic N) is 1. The SMILES string of the molecule is NC(=O)Cc1ccc(OCC2CCC(/C=C/c3c(-c4ccccc4C(F)(F)F)noc3C3CC3)CC2)cc1. The van der Waals surface area contributed by atoms with Crippen LogP contribution in [0.2, 0.25) is 0 Å². The highest BCUT2D eigenvalue weighted by Gasteiger charge is 2.37. The monoisotopic (exact) mass is 524 g/mol. The molecule has 1 aromatic heterocycles. The molecule has 200 valence electrons. The zero-order chi connectivity index (χ0) is 26.7. The highest BCUT2D eigenvalue weighted by Crippen LogP contribution is 2.46. The lowest BCUT2D eigenvalue weighted by Crippen LogP contribution is -2.19. The van der Waals surface area contributed by atoms with Gasteiger partial charge in [0.1, 0.15) is 17.2 Å². The van der Waals surface area contributed by atoms with Crippen LogP contribution in [0.1, 0.15) is 66.9 Å². The van der Waals surface area contributed by atoms with Crippen LogP contribution in [0.5, 0.6) is 5.75 Å². The number of rotatable bonds is 9. The third-order valence-electron chi connectivity index (χ3n) is 7.41. The zero-order valence-electron chi connectivity index (χ0n) is 21.0. The molecule has 0 spiro atoms. The second-order valence-electron chi connectivity index (χ2n) is 10.4. The summed E-state index contributed by atoms with van der Waals surface area (Å²) in [5.41, 5.74) is 6.39. The van der Waals surface area contributed by atoms with Gasteiger partial charge in [-0.25, -0.2) is 0 Å². The lowest BCUT2D eigenvalue weighted by molar-refractivity contribution is -0.137. The summed E-state index contributed by atoms with van der Waals surface area (Å²) in [6, 6.07) is 13.0. The lowest BCUT2D eigenvalue weighted by Gasteiger charge is -2.26. The van der Waals surface area contributed by atoms with Gasteiger partial charge in [0.15, 0.2) is 0 Å². The van der Waals surface area contributed by atoms with Crippen molar-refractivity contribution in [3.63, 3.8) is 0 Å². The Kier molecular flexibility index (Phi) is 7.58. The maximum Gasteiger partial charge on any atom is 0.417 e. The molecule has 2 aromatic carbocycles. The van der Waals surface area contributed by atoms with Gasteiger partial charge in [-0.1, -0.05) is 47.6 Å². The highest BCUT2D eigenvalue weighted by molar-refractivity contribution is 5.77. The van der Waals surface area contributed by atoms with Gasteiger partial charge in [-0.15, -0.1) is 0 Å². The van der Waals surface area contributed by atoms with Crippen LogP contribution >= 0.6 is 0 Å². The molecule has 1 heterocycles. The Balaban J connectivity index is 1.22. The molecule has 2 N–H and O–H groups in total. The molecule has 0 aliphatic heterocycles. The van der Waals surface area contributed by atoms with Gasteiger partial charge in [0, 0.05) is 17.0 Å². The minimum Gasteiger partial charge on any atom is -0.493 e. The number of nitrogens with two attached hydrogens (primary N) is 1. The summed E-state index contributed by atoms with van der Waals surface area (Å²) in [4.78, 5) is 11.0. The average Bonchev–Trinajstić information content (AvgIpc) is 3.66. The maximum absolute atomic E-state index is 13.7. The number of primary amides is 1. The van der Waals surface area contributed by atoms with E-state index in [1.807, 2.05) is 30.3 Å². The molecular weight excluding hydrogens is 493 g/mol. The van der Waals surface area contributed by atoms with E-state index in [9.17, 15) is 18.0 Å². The molecule has 0 radical (unpaired) electrons. The Morgan fingerprint density at radius 3 is 2.39 bits per heavy atom. The standard InChI is InChI=1S/C30H31F3N2O3/c31-30(32,33)26-4-2-1-3-24(26)28-25(29(38-35-28)22-12-13-22)16-11-19-5-7-21(8-6-19)18-37-23-14-9-20(10-15-23)17-27(34)36/h1-4,9-11,14-16,19,21-22H,5-8,12-13,17-18H2,(H2,34,36)/b16-11+. The summed E-state index contributed by atoms with van der Waals surface area (Å²) in [7, 11) is 0. The Morgan fingerprint density at radius 2 is 1.74 bits per heavy atom. The van der Waals surface area contributed by atoms with E-state index in [2.05, 4.69) is 11.2 Å². The Morgan fingerprint density at radius 1 is 1.03 bits per heavy atom. The van der Waals surface area contributed by atoms with Crippen LogP contribution in [0.4, 0.5) is 13.2 Å². The summed E-state index contributed by atoms with van der Waals surface area (Å²) >= 11 is 0. The van der Waals surface area contributed by atoms with E-state index in [-0.39, 0.29) is 29.5 Å². The van der Waals surface area contributed by atoms with Crippen molar-refractivity contribution >= 4 is 12.0 Å².